The highest BCUT2D eigenvalue weighted by Gasteiger charge is 2.30. The zero-order valence-electron chi connectivity index (χ0n) is 13.5. The third-order valence-corrected chi connectivity index (χ3v) is 4.19. The third kappa shape index (κ3) is 3.65. The van der Waals surface area contributed by atoms with Gasteiger partial charge in [-0.3, -0.25) is 4.98 Å². The Kier molecular flexibility index (Phi) is 5.19. The second-order valence-corrected chi connectivity index (χ2v) is 6.38. The van der Waals surface area contributed by atoms with Gasteiger partial charge in [-0.1, -0.05) is 19.8 Å². The number of nitrogens with zero attached hydrogens (tertiary/aromatic N) is 3. The molecular formula is C16H23ClN4O. The van der Waals surface area contributed by atoms with E-state index >= 15 is 0 Å². The van der Waals surface area contributed by atoms with Crippen LogP contribution in [0.2, 0.25) is 5.28 Å². The van der Waals surface area contributed by atoms with Crippen LogP contribution in [0, 0.1) is 6.92 Å². The van der Waals surface area contributed by atoms with Crippen LogP contribution in [0.1, 0.15) is 45.6 Å². The molecule has 0 aliphatic carbocycles. The van der Waals surface area contributed by atoms with Gasteiger partial charge in [0.05, 0.1) is 17.2 Å². The van der Waals surface area contributed by atoms with Crippen LogP contribution in [0.3, 0.4) is 0 Å². The molecule has 0 spiro atoms. The predicted octanol–water partition coefficient (Wildman–Crippen LogP) is 3.73. The van der Waals surface area contributed by atoms with E-state index in [0.717, 1.165) is 24.8 Å². The predicted molar refractivity (Wildman–Crippen MR) is 90.3 cm³/mol. The van der Waals surface area contributed by atoms with E-state index in [0.29, 0.717) is 16.9 Å². The van der Waals surface area contributed by atoms with Crippen molar-refractivity contribution in [1.29, 1.82) is 0 Å². The lowest BCUT2D eigenvalue weighted by atomic mass is 9.89. The maximum Gasteiger partial charge on any atom is 0.225 e. The SMILES string of the molecule is CCCC[C@@](C)(Nc1nc(Cl)nc2cc(C)cnc12)C(C)O. The summed E-state index contributed by atoms with van der Waals surface area (Å²) in [7, 11) is 0. The number of nitrogens with one attached hydrogen (secondary N) is 1. The monoisotopic (exact) mass is 322 g/mol. The van der Waals surface area contributed by atoms with Gasteiger partial charge < -0.3 is 10.4 Å². The molecule has 0 fully saturated rings. The molecule has 0 saturated carbocycles. The van der Waals surface area contributed by atoms with Gasteiger partial charge in [0.15, 0.2) is 5.82 Å². The highest BCUT2D eigenvalue weighted by molar-refractivity contribution is 6.28. The number of fused-ring (bicyclic) bond motifs is 1. The summed E-state index contributed by atoms with van der Waals surface area (Å²) in [4.78, 5) is 12.9. The molecule has 1 unspecified atom stereocenters. The number of pyridine rings is 1. The van der Waals surface area contributed by atoms with Crippen molar-refractivity contribution < 1.29 is 5.11 Å². The Hall–Kier alpha value is -1.46. The van der Waals surface area contributed by atoms with Crippen LogP contribution in [0.4, 0.5) is 5.82 Å². The molecule has 2 aromatic rings. The lowest BCUT2D eigenvalue weighted by molar-refractivity contribution is 0.116. The van der Waals surface area contributed by atoms with E-state index in [1.54, 1.807) is 13.1 Å². The number of rotatable bonds is 6. The Bertz CT molecular complexity index is 657. The molecule has 0 radical (unpaired) electrons. The molecule has 120 valence electrons. The van der Waals surface area contributed by atoms with Gasteiger partial charge in [-0.05, 0) is 50.4 Å². The van der Waals surface area contributed by atoms with Crippen LogP contribution in [0.25, 0.3) is 11.0 Å². The molecule has 2 aromatic heterocycles. The summed E-state index contributed by atoms with van der Waals surface area (Å²) < 4.78 is 0. The molecule has 22 heavy (non-hydrogen) atoms. The number of hydrogen-bond donors (Lipinski definition) is 2. The normalized spacial score (nSPS) is 15.5. The van der Waals surface area contributed by atoms with Gasteiger partial charge in [0.1, 0.15) is 5.52 Å². The van der Waals surface area contributed by atoms with Crippen molar-refractivity contribution in [3.8, 4) is 0 Å². The fraction of sp³-hybridized carbons (Fsp3) is 0.562. The standard InChI is InChI=1S/C16H23ClN4O/c1-5-6-7-16(4,11(3)22)21-14-13-12(19-15(17)20-14)8-10(2)9-18-13/h8-9,11,22H,5-7H2,1-4H3,(H,19,20,21)/t11?,16-/m1/s1. The fourth-order valence-corrected chi connectivity index (χ4v) is 2.54. The number of anilines is 1. The van der Waals surface area contributed by atoms with Crippen molar-refractivity contribution in [3.05, 3.63) is 23.1 Å². The Labute approximate surface area is 136 Å². The average Bonchev–Trinajstić information content (AvgIpc) is 2.44. The number of hydrogen-bond acceptors (Lipinski definition) is 5. The van der Waals surface area contributed by atoms with Crippen LogP contribution >= 0.6 is 11.6 Å². The number of halogens is 1. The number of unbranched alkanes of at least 4 members (excludes halogenated alkanes) is 1. The van der Waals surface area contributed by atoms with Crippen molar-refractivity contribution in [3.63, 3.8) is 0 Å². The van der Waals surface area contributed by atoms with Gasteiger partial charge in [0.25, 0.3) is 0 Å². The van der Waals surface area contributed by atoms with Gasteiger partial charge in [0, 0.05) is 6.20 Å². The summed E-state index contributed by atoms with van der Waals surface area (Å²) in [6, 6.07) is 1.92. The van der Waals surface area contributed by atoms with E-state index in [2.05, 4.69) is 27.2 Å². The molecule has 0 bridgehead atoms. The molecule has 2 atom stereocenters. The summed E-state index contributed by atoms with van der Waals surface area (Å²) >= 11 is 6.04. The largest absolute Gasteiger partial charge is 0.391 e. The van der Waals surface area contributed by atoms with Crippen molar-refractivity contribution in [1.82, 2.24) is 15.0 Å². The summed E-state index contributed by atoms with van der Waals surface area (Å²) in [6.07, 6.45) is 4.14. The van der Waals surface area contributed by atoms with Crippen LogP contribution in [-0.4, -0.2) is 31.7 Å². The lowest BCUT2D eigenvalue weighted by Gasteiger charge is -2.34. The van der Waals surface area contributed by atoms with Crippen molar-refractivity contribution in [2.45, 2.75) is 58.6 Å². The molecular weight excluding hydrogens is 300 g/mol. The van der Waals surface area contributed by atoms with Crippen molar-refractivity contribution >= 4 is 28.5 Å². The van der Waals surface area contributed by atoms with Crippen LogP contribution in [0.5, 0.6) is 0 Å². The van der Waals surface area contributed by atoms with Gasteiger partial charge in [-0.2, -0.15) is 4.98 Å². The van der Waals surface area contributed by atoms with Crippen LogP contribution in [0.15, 0.2) is 12.3 Å². The fourth-order valence-electron chi connectivity index (χ4n) is 2.37. The first-order valence-corrected chi connectivity index (χ1v) is 7.99. The van der Waals surface area contributed by atoms with Gasteiger partial charge in [-0.15, -0.1) is 0 Å². The van der Waals surface area contributed by atoms with Gasteiger partial charge in [-0.25, -0.2) is 4.98 Å². The summed E-state index contributed by atoms with van der Waals surface area (Å²) in [5.74, 6) is 0.564. The van der Waals surface area contributed by atoms with E-state index in [9.17, 15) is 5.11 Å². The van der Waals surface area contributed by atoms with E-state index in [-0.39, 0.29) is 5.28 Å². The molecule has 5 nitrogen and oxygen atoms in total. The average molecular weight is 323 g/mol. The Balaban J connectivity index is 2.44. The number of aliphatic hydroxyl groups excluding tert-OH is 1. The lowest BCUT2D eigenvalue weighted by Crippen LogP contribution is -2.45. The molecule has 0 saturated heterocycles. The number of aryl methyl sites for hydroxylation is 1. The van der Waals surface area contributed by atoms with Crippen molar-refractivity contribution in [2.75, 3.05) is 5.32 Å². The molecule has 0 aliphatic heterocycles. The first-order valence-electron chi connectivity index (χ1n) is 7.62. The Morgan fingerprint density at radius 1 is 1.41 bits per heavy atom. The van der Waals surface area contributed by atoms with Crippen LogP contribution < -0.4 is 5.32 Å². The smallest absolute Gasteiger partial charge is 0.225 e. The van der Waals surface area contributed by atoms with E-state index in [4.69, 9.17) is 11.6 Å². The second-order valence-electron chi connectivity index (χ2n) is 6.04. The summed E-state index contributed by atoms with van der Waals surface area (Å²) in [6.45, 7) is 7.86. The third-order valence-electron chi connectivity index (χ3n) is 4.02. The minimum Gasteiger partial charge on any atom is -0.391 e. The Morgan fingerprint density at radius 2 is 2.14 bits per heavy atom. The van der Waals surface area contributed by atoms with E-state index in [1.807, 2.05) is 19.9 Å². The zero-order valence-corrected chi connectivity index (χ0v) is 14.3. The molecule has 2 heterocycles. The summed E-state index contributed by atoms with van der Waals surface area (Å²) in [5.41, 5.74) is 1.88. The van der Waals surface area contributed by atoms with E-state index < -0.39 is 11.6 Å². The molecule has 6 heteroatoms. The highest BCUT2D eigenvalue weighted by Crippen LogP contribution is 2.28. The number of aromatic nitrogens is 3. The number of aliphatic hydroxyl groups is 1. The summed E-state index contributed by atoms with van der Waals surface area (Å²) in [5, 5.41) is 13.7. The first kappa shape index (κ1) is 16.9. The molecule has 2 rings (SSSR count). The molecule has 2 N–H and O–H groups in total. The minimum atomic E-state index is -0.534. The maximum absolute atomic E-state index is 10.2. The molecule has 0 aliphatic rings. The quantitative estimate of drug-likeness (QED) is 0.793. The van der Waals surface area contributed by atoms with E-state index in [1.165, 1.54) is 0 Å². The Morgan fingerprint density at radius 3 is 2.77 bits per heavy atom. The van der Waals surface area contributed by atoms with Crippen LogP contribution in [-0.2, 0) is 0 Å². The maximum atomic E-state index is 10.2. The molecule has 0 aromatic carbocycles. The first-order chi connectivity index (χ1) is 10.4. The van der Waals surface area contributed by atoms with Gasteiger partial charge in [0.2, 0.25) is 5.28 Å². The second kappa shape index (κ2) is 6.75. The topological polar surface area (TPSA) is 70.9 Å². The van der Waals surface area contributed by atoms with Crippen molar-refractivity contribution in [2.24, 2.45) is 0 Å². The zero-order chi connectivity index (χ0) is 16.3. The highest BCUT2D eigenvalue weighted by atomic mass is 35.5. The molecule has 0 amide bonds. The van der Waals surface area contributed by atoms with Gasteiger partial charge >= 0.3 is 0 Å². The minimum absolute atomic E-state index is 0.172.